The van der Waals surface area contributed by atoms with E-state index in [1.807, 2.05) is 24.7 Å². The first-order chi connectivity index (χ1) is 10.0. The van der Waals surface area contributed by atoms with Crippen LogP contribution in [0.3, 0.4) is 0 Å². The quantitative estimate of drug-likeness (QED) is 0.936. The molecule has 0 spiro atoms. The molecule has 0 bridgehead atoms. The van der Waals surface area contributed by atoms with E-state index < -0.39 is 5.60 Å². The third-order valence-corrected chi connectivity index (χ3v) is 3.87. The lowest BCUT2D eigenvalue weighted by molar-refractivity contribution is 0.0651. The lowest BCUT2D eigenvalue weighted by Crippen LogP contribution is -2.36. The van der Waals surface area contributed by atoms with Crippen molar-refractivity contribution < 1.29 is 9.84 Å². The van der Waals surface area contributed by atoms with Crippen LogP contribution in [0.5, 0.6) is 0 Å². The van der Waals surface area contributed by atoms with Gasteiger partial charge in [-0.1, -0.05) is 0 Å². The van der Waals surface area contributed by atoms with Crippen molar-refractivity contribution in [2.45, 2.75) is 32.4 Å². The van der Waals surface area contributed by atoms with Crippen LogP contribution in [0, 0.1) is 0 Å². The molecule has 1 saturated heterocycles. The van der Waals surface area contributed by atoms with Gasteiger partial charge in [-0.05, 0) is 38.5 Å². The Morgan fingerprint density at radius 1 is 1.29 bits per heavy atom. The molecule has 2 heterocycles. The number of hydrogen-bond acceptors (Lipinski definition) is 4. The number of anilines is 1. The van der Waals surface area contributed by atoms with Crippen molar-refractivity contribution >= 4 is 16.6 Å². The maximum atomic E-state index is 9.81. The minimum Gasteiger partial charge on any atom is -0.390 e. The third kappa shape index (κ3) is 3.54. The second kappa shape index (κ2) is 5.66. The molecule has 0 amide bonds. The van der Waals surface area contributed by atoms with Gasteiger partial charge < -0.3 is 14.7 Å². The zero-order chi connectivity index (χ0) is 14.9. The number of rotatable bonds is 4. The number of morpholine rings is 1. The number of hydrogen-bond donors (Lipinski definition) is 1. The fourth-order valence-corrected chi connectivity index (χ4v) is 2.58. The molecule has 0 atom stereocenters. The Kier molecular flexibility index (Phi) is 3.87. The van der Waals surface area contributed by atoms with Crippen molar-refractivity contribution in [3.63, 3.8) is 0 Å². The summed E-state index contributed by atoms with van der Waals surface area (Å²) in [6, 6.07) is 6.41. The normalized spacial score (nSPS) is 16.6. The van der Waals surface area contributed by atoms with E-state index in [1.54, 1.807) is 0 Å². The lowest BCUT2D eigenvalue weighted by atomic mass is 10.1. The van der Waals surface area contributed by atoms with Crippen LogP contribution in [0.1, 0.15) is 20.3 Å². The molecule has 0 unspecified atom stereocenters. The van der Waals surface area contributed by atoms with E-state index in [0.29, 0.717) is 6.42 Å². The first-order valence-corrected chi connectivity index (χ1v) is 7.54. The summed E-state index contributed by atoms with van der Waals surface area (Å²) in [6.45, 7) is 7.83. The van der Waals surface area contributed by atoms with Gasteiger partial charge in [-0.15, -0.1) is 0 Å². The summed E-state index contributed by atoms with van der Waals surface area (Å²) < 4.78 is 7.31. The van der Waals surface area contributed by atoms with Gasteiger partial charge in [-0.25, -0.2) is 0 Å². The summed E-state index contributed by atoms with van der Waals surface area (Å²) in [7, 11) is 0. The highest BCUT2D eigenvalue weighted by molar-refractivity contribution is 5.82. The van der Waals surface area contributed by atoms with E-state index in [2.05, 4.69) is 28.2 Å². The molecule has 1 aromatic heterocycles. The SMILES string of the molecule is CC(C)(O)CCn1cc2ccc(N3CCOCC3)cc2n1. The molecule has 3 rings (SSSR count). The predicted octanol–water partition coefficient (Wildman–Crippen LogP) is 2.03. The zero-order valence-corrected chi connectivity index (χ0v) is 12.7. The van der Waals surface area contributed by atoms with Gasteiger partial charge in [0.2, 0.25) is 0 Å². The maximum absolute atomic E-state index is 9.81. The number of fused-ring (bicyclic) bond motifs is 1. The van der Waals surface area contributed by atoms with E-state index in [-0.39, 0.29) is 0 Å². The second-order valence-corrected chi connectivity index (χ2v) is 6.30. The average molecular weight is 289 g/mol. The van der Waals surface area contributed by atoms with E-state index in [1.165, 1.54) is 5.69 Å². The molecule has 2 aromatic rings. The lowest BCUT2D eigenvalue weighted by Gasteiger charge is -2.28. The molecule has 0 saturated carbocycles. The highest BCUT2D eigenvalue weighted by Crippen LogP contribution is 2.22. The summed E-state index contributed by atoms with van der Waals surface area (Å²) in [4.78, 5) is 2.33. The van der Waals surface area contributed by atoms with Crippen molar-refractivity contribution in [2.24, 2.45) is 0 Å². The molecule has 0 radical (unpaired) electrons. The minimum absolute atomic E-state index is 0.656. The molecule has 114 valence electrons. The molecule has 1 aliphatic rings. The predicted molar refractivity (Wildman–Crippen MR) is 83.7 cm³/mol. The van der Waals surface area contributed by atoms with Crippen molar-refractivity contribution in [1.29, 1.82) is 0 Å². The first kappa shape index (κ1) is 14.4. The molecule has 1 aliphatic heterocycles. The van der Waals surface area contributed by atoms with Crippen LogP contribution >= 0.6 is 0 Å². The number of aliphatic hydroxyl groups is 1. The van der Waals surface area contributed by atoms with Crippen LogP contribution in [0.25, 0.3) is 10.9 Å². The number of aromatic nitrogens is 2. The average Bonchev–Trinajstić information content (AvgIpc) is 2.87. The monoisotopic (exact) mass is 289 g/mol. The van der Waals surface area contributed by atoms with Gasteiger partial charge in [-0.2, -0.15) is 5.10 Å². The van der Waals surface area contributed by atoms with Gasteiger partial charge >= 0.3 is 0 Å². The molecule has 1 aromatic carbocycles. The summed E-state index contributed by atoms with van der Waals surface area (Å²) >= 11 is 0. The Labute approximate surface area is 125 Å². The Morgan fingerprint density at radius 2 is 2.05 bits per heavy atom. The number of nitrogens with zero attached hydrogens (tertiary/aromatic N) is 3. The Balaban J connectivity index is 1.78. The molecular weight excluding hydrogens is 266 g/mol. The van der Waals surface area contributed by atoms with E-state index in [9.17, 15) is 5.11 Å². The molecule has 1 fully saturated rings. The van der Waals surface area contributed by atoms with E-state index in [4.69, 9.17) is 4.74 Å². The van der Waals surface area contributed by atoms with Gasteiger partial charge in [0.25, 0.3) is 0 Å². The molecule has 21 heavy (non-hydrogen) atoms. The van der Waals surface area contributed by atoms with Crippen LogP contribution in [-0.2, 0) is 11.3 Å². The van der Waals surface area contributed by atoms with Crippen LogP contribution in [0.2, 0.25) is 0 Å². The summed E-state index contributed by atoms with van der Waals surface area (Å²) in [5, 5.41) is 15.6. The van der Waals surface area contributed by atoms with Crippen molar-refractivity contribution in [1.82, 2.24) is 9.78 Å². The van der Waals surface area contributed by atoms with Gasteiger partial charge in [0.1, 0.15) is 0 Å². The van der Waals surface area contributed by atoms with Crippen molar-refractivity contribution in [2.75, 3.05) is 31.2 Å². The van der Waals surface area contributed by atoms with Crippen molar-refractivity contribution in [3.05, 3.63) is 24.4 Å². The number of benzene rings is 1. The van der Waals surface area contributed by atoms with Crippen LogP contribution < -0.4 is 4.90 Å². The summed E-state index contributed by atoms with van der Waals surface area (Å²) in [6.07, 6.45) is 2.74. The standard InChI is InChI=1S/C16H23N3O2/c1-16(2,20)5-6-19-12-13-3-4-14(11-15(13)17-19)18-7-9-21-10-8-18/h3-4,11-12,20H,5-10H2,1-2H3. The smallest absolute Gasteiger partial charge is 0.0943 e. The fraction of sp³-hybridized carbons (Fsp3) is 0.562. The zero-order valence-electron chi connectivity index (χ0n) is 12.7. The Bertz CT molecular complexity index is 609. The van der Waals surface area contributed by atoms with Crippen molar-refractivity contribution in [3.8, 4) is 0 Å². The second-order valence-electron chi connectivity index (χ2n) is 6.30. The van der Waals surface area contributed by atoms with Gasteiger partial charge in [0.05, 0.1) is 24.3 Å². The van der Waals surface area contributed by atoms with E-state index in [0.717, 1.165) is 43.8 Å². The largest absolute Gasteiger partial charge is 0.390 e. The topological polar surface area (TPSA) is 50.5 Å². The third-order valence-electron chi connectivity index (χ3n) is 3.87. The Hall–Kier alpha value is -1.59. The van der Waals surface area contributed by atoms with Gasteiger partial charge in [0.15, 0.2) is 0 Å². The summed E-state index contributed by atoms with van der Waals surface area (Å²) in [5.41, 5.74) is 1.56. The molecule has 5 heteroatoms. The van der Waals surface area contributed by atoms with Gasteiger partial charge in [-0.3, -0.25) is 4.68 Å². The highest BCUT2D eigenvalue weighted by atomic mass is 16.5. The van der Waals surface area contributed by atoms with Crippen LogP contribution in [0.15, 0.2) is 24.4 Å². The molecular formula is C16H23N3O2. The molecule has 0 aliphatic carbocycles. The summed E-state index contributed by atoms with van der Waals surface area (Å²) in [5.74, 6) is 0. The molecule has 1 N–H and O–H groups in total. The minimum atomic E-state index is -0.656. The number of aryl methyl sites for hydroxylation is 1. The van der Waals surface area contributed by atoms with Gasteiger partial charge in [0, 0.05) is 36.9 Å². The Morgan fingerprint density at radius 3 is 2.76 bits per heavy atom. The fourth-order valence-electron chi connectivity index (χ4n) is 2.58. The maximum Gasteiger partial charge on any atom is 0.0943 e. The van der Waals surface area contributed by atoms with Crippen LogP contribution in [-0.4, -0.2) is 46.8 Å². The van der Waals surface area contributed by atoms with Crippen LogP contribution in [0.4, 0.5) is 5.69 Å². The highest BCUT2D eigenvalue weighted by Gasteiger charge is 2.14. The first-order valence-electron chi connectivity index (χ1n) is 7.54. The number of ether oxygens (including phenoxy) is 1. The van der Waals surface area contributed by atoms with E-state index >= 15 is 0 Å². The molecule has 5 nitrogen and oxygen atoms in total.